The number of hydrogen-bond acceptors (Lipinski definition) is 5. The van der Waals surface area contributed by atoms with Crippen LogP contribution in [0.25, 0.3) is 10.8 Å². The summed E-state index contributed by atoms with van der Waals surface area (Å²) >= 11 is 3.30. The number of fused-ring (bicyclic) bond motifs is 1. The molecule has 8 heteroatoms. The fourth-order valence-corrected chi connectivity index (χ4v) is 5.06. The monoisotopic (exact) mass is 517 g/mol. The molecule has 0 aliphatic heterocycles. The first-order valence-electron chi connectivity index (χ1n) is 10.4. The van der Waals surface area contributed by atoms with E-state index in [1.54, 1.807) is 36.4 Å². The van der Waals surface area contributed by atoms with Crippen molar-refractivity contribution in [1.82, 2.24) is 0 Å². The Morgan fingerprint density at radius 1 is 0.875 bits per heavy atom. The molecule has 0 saturated heterocycles. The number of ether oxygens (including phenoxy) is 1. The molecule has 0 spiro atoms. The quantitative estimate of drug-likeness (QED) is 0.277. The molecule has 0 bridgehead atoms. The van der Waals surface area contributed by atoms with Gasteiger partial charge in [0, 0.05) is 28.1 Å². The van der Waals surface area contributed by atoms with E-state index >= 15 is 0 Å². The van der Waals surface area contributed by atoms with Crippen LogP contribution in [-0.2, 0) is 19.6 Å². The molecule has 32 heavy (non-hydrogen) atoms. The minimum atomic E-state index is -4.17. The summed E-state index contributed by atoms with van der Waals surface area (Å²) in [4.78, 5) is 25.1. The molecule has 0 fully saturated rings. The van der Waals surface area contributed by atoms with Gasteiger partial charge in [-0.15, -0.1) is 0 Å². The summed E-state index contributed by atoms with van der Waals surface area (Å²) in [5.41, 5.74) is 0.220. The normalized spacial score (nSPS) is 11.3. The van der Waals surface area contributed by atoms with Crippen LogP contribution in [0, 0.1) is 0 Å². The zero-order valence-electron chi connectivity index (χ0n) is 17.9. The number of rotatable bonds is 8. The number of anilines is 1. The summed E-state index contributed by atoms with van der Waals surface area (Å²) in [6.07, 6.45) is 1.49. The standard InChI is InChI=1S/C24H24BrNO5S/c1-3-7-23(27)26(32(29,30)18-13-11-17(25)12-14-18)21-15-16-22(31-24(28)8-4-2)20-10-6-5-9-19(20)21/h5-6,9-16H,3-4,7-8H2,1-2H3. The molecular weight excluding hydrogens is 494 g/mol. The minimum absolute atomic E-state index is 0.00712. The highest BCUT2D eigenvalue weighted by molar-refractivity contribution is 9.10. The van der Waals surface area contributed by atoms with Gasteiger partial charge in [-0.1, -0.05) is 54.0 Å². The lowest BCUT2D eigenvalue weighted by atomic mass is 10.1. The fraction of sp³-hybridized carbons (Fsp3) is 0.250. The second kappa shape index (κ2) is 10.3. The van der Waals surface area contributed by atoms with Crippen molar-refractivity contribution in [3.05, 3.63) is 65.1 Å². The van der Waals surface area contributed by atoms with E-state index < -0.39 is 15.9 Å². The van der Waals surface area contributed by atoms with E-state index in [4.69, 9.17) is 4.74 Å². The van der Waals surface area contributed by atoms with Crippen LogP contribution < -0.4 is 9.04 Å². The van der Waals surface area contributed by atoms with Crippen LogP contribution in [0.3, 0.4) is 0 Å². The lowest BCUT2D eigenvalue weighted by Crippen LogP contribution is -2.37. The highest BCUT2D eigenvalue weighted by Crippen LogP contribution is 2.37. The third-order valence-corrected chi connectivity index (χ3v) is 7.08. The van der Waals surface area contributed by atoms with Gasteiger partial charge in [0.15, 0.2) is 0 Å². The van der Waals surface area contributed by atoms with Gasteiger partial charge in [0.2, 0.25) is 5.91 Å². The number of carbonyl (C=O) groups is 2. The zero-order valence-corrected chi connectivity index (χ0v) is 20.3. The highest BCUT2D eigenvalue weighted by Gasteiger charge is 2.32. The van der Waals surface area contributed by atoms with Gasteiger partial charge < -0.3 is 4.74 Å². The van der Waals surface area contributed by atoms with Crippen LogP contribution in [0.5, 0.6) is 5.75 Å². The van der Waals surface area contributed by atoms with Crippen molar-refractivity contribution in [3.8, 4) is 5.75 Å². The Hall–Kier alpha value is -2.71. The van der Waals surface area contributed by atoms with Gasteiger partial charge >= 0.3 is 5.97 Å². The second-order valence-electron chi connectivity index (χ2n) is 7.22. The van der Waals surface area contributed by atoms with Gasteiger partial charge in [0.1, 0.15) is 5.75 Å². The van der Waals surface area contributed by atoms with Crippen LogP contribution in [0.2, 0.25) is 0 Å². The van der Waals surface area contributed by atoms with Crippen molar-refractivity contribution >= 4 is 54.3 Å². The van der Waals surface area contributed by atoms with Crippen LogP contribution >= 0.6 is 15.9 Å². The molecule has 1 amide bonds. The number of carbonyl (C=O) groups excluding carboxylic acids is 2. The molecule has 3 rings (SSSR count). The summed E-state index contributed by atoms with van der Waals surface area (Å²) in [5.74, 6) is -0.574. The molecule has 0 radical (unpaired) electrons. The molecule has 0 aliphatic carbocycles. The van der Waals surface area contributed by atoms with Gasteiger partial charge in [-0.05, 0) is 49.2 Å². The first kappa shape index (κ1) is 23.9. The molecule has 0 aliphatic rings. The maximum atomic E-state index is 13.6. The Bertz CT molecular complexity index is 1240. The second-order valence-corrected chi connectivity index (χ2v) is 9.92. The molecule has 0 heterocycles. The molecule has 0 atom stereocenters. The van der Waals surface area contributed by atoms with E-state index in [1.807, 2.05) is 13.8 Å². The van der Waals surface area contributed by atoms with Crippen LogP contribution in [0.1, 0.15) is 39.5 Å². The fourth-order valence-electron chi connectivity index (χ4n) is 3.32. The predicted molar refractivity (Wildman–Crippen MR) is 128 cm³/mol. The molecule has 3 aromatic carbocycles. The maximum Gasteiger partial charge on any atom is 0.311 e. The number of amides is 1. The average Bonchev–Trinajstić information content (AvgIpc) is 2.76. The number of sulfonamides is 1. The summed E-state index contributed by atoms with van der Waals surface area (Å²) < 4.78 is 34.2. The van der Waals surface area contributed by atoms with Crippen molar-refractivity contribution in [2.75, 3.05) is 4.31 Å². The lowest BCUT2D eigenvalue weighted by molar-refractivity contribution is -0.134. The predicted octanol–water partition coefficient (Wildman–Crippen LogP) is 5.83. The van der Waals surface area contributed by atoms with E-state index in [1.165, 1.54) is 24.3 Å². The summed E-state index contributed by atoms with van der Waals surface area (Å²) in [6, 6.07) is 16.2. The molecule has 0 aromatic heterocycles. The third-order valence-electron chi connectivity index (χ3n) is 4.80. The van der Waals surface area contributed by atoms with Gasteiger partial charge in [0.05, 0.1) is 10.6 Å². The molecule has 168 valence electrons. The molecule has 0 unspecified atom stereocenters. The molecule has 0 N–H and O–H groups in total. The van der Waals surface area contributed by atoms with Gasteiger partial charge in [-0.3, -0.25) is 9.59 Å². The molecule has 6 nitrogen and oxygen atoms in total. The third kappa shape index (κ3) is 5.02. The van der Waals surface area contributed by atoms with Crippen molar-refractivity contribution in [1.29, 1.82) is 0 Å². The average molecular weight is 518 g/mol. The Morgan fingerprint density at radius 2 is 1.50 bits per heavy atom. The van der Waals surface area contributed by atoms with Crippen molar-refractivity contribution in [3.63, 3.8) is 0 Å². The largest absolute Gasteiger partial charge is 0.426 e. The van der Waals surface area contributed by atoms with Crippen molar-refractivity contribution in [2.45, 2.75) is 44.4 Å². The minimum Gasteiger partial charge on any atom is -0.426 e. The summed E-state index contributed by atoms with van der Waals surface area (Å²) in [7, 11) is -4.17. The SMILES string of the molecule is CCCC(=O)Oc1ccc(N(C(=O)CCC)S(=O)(=O)c2ccc(Br)cc2)c2ccccc12. The van der Waals surface area contributed by atoms with Crippen LogP contribution in [0.15, 0.2) is 70.0 Å². The van der Waals surface area contributed by atoms with E-state index in [9.17, 15) is 18.0 Å². The topological polar surface area (TPSA) is 80.8 Å². The van der Waals surface area contributed by atoms with Crippen molar-refractivity contribution < 1.29 is 22.7 Å². The molecular formula is C24H24BrNO5S. The van der Waals surface area contributed by atoms with Crippen LogP contribution in [0.4, 0.5) is 5.69 Å². The first-order chi connectivity index (χ1) is 15.3. The Morgan fingerprint density at radius 3 is 2.12 bits per heavy atom. The van der Waals surface area contributed by atoms with E-state index in [0.29, 0.717) is 29.4 Å². The summed E-state index contributed by atoms with van der Waals surface area (Å²) in [5, 5.41) is 1.05. The number of hydrogen-bond donors (Lipinski definition) is 0. The van der Waals surface area contributed by atoms with E-state index in [2.05, 4.69) is 15.9 Å². The lowest BCUT2D eigenvalue weighted by Gasteiger charge is -2.24. The zero-order chi connectivity index (χ0) is 23.3. The first-order valence-corrected chi connectivity index (χ1v) is 12.6. The van der Waals surface area contributed by atoms with Crippen LogP contribution in [-0.4, -0.2) is 20.3 Å². The maximum absolute atomic E-state index is 13.6. The van der Waals surface area contributed by atoms with E-state index in [-0.39, 0.29) is 29.4 Å². The number of nitrogens with zero attached hydrogens (tertiary/aromatic N) is 1. The van der Waals surface area contributed by atoms with E-state index in [0.717, 1.165) is 8.78 Å². The smallest absolute Gasteiger partial charge is 0.311 e. The summed E-state index contributed by atoms with van der Waals surface area (Å²) in [6.45, 7) is 3.70. The van der Waals surface area contributed by atoms with Gasteiger partial charge in [-0.2, -0.15) is 0 Å². The Balaban J connectivity index is 2.19. The Labute approximate surface area is 196 Å². The molecule has 3 aromatic rings. The number of esters is 1. The van der Waals surface area contributed by atoms with Gasteiger partial charge in [-0.25, -0.2) is 12.7 Å². The Kier molecular flexibility index (Phi) is 7.69. The highest BCUT2D eigenvalue weighted by atomic mass is 79.9. The van der Waals surface area contributed by atoms with Gasteiger partial charge in [0.25, 0.3) is 10.0 Å². The number of halogens is 1. The number of benzene rings is 3. The molecule has 0 saturated carbocycles. The van der Waals surface area contributed by atoms with Crippen molar-refractivity contribution in [2.24, 2.45) is 0 Å².